The summed E-state index contributed by atoms with van der Waals surface area (Å²) in [5.74, 6) is 0.275. The van der Waals surface area contributed by atoms with Crippen LogP contribution in [0.4, 0.5) is 0 Å². The Balaban J connectivity index is 2.70. The number of amides is 1. The van der Waals surface area contributed by atoms with Crippen molar-refractivity contribution in [2.24, 2.45) is 0 Å². The highest BCUT2D eigenvalue weighted by molar-refractivity contribution is 5.85. The second-order valence-corrected chi connectivity index (χ2v) is 5.59. The van der Waals surface area contributed by atoms with Crippen LogP contribution in [0.15, 0.2) is 0 Å². The average Bonchev–Trinajstić information content (AvgIpc) is 2.29. The van der Waals surface area contributed by atoms with E-state index in [2.05, 4.69) is 24.1 Å². The largest absolute Gasteiger partial charge is 0.338 e. The van der Waals surface area contributed by atoms with E-state index >= 15 is 0 Å². The topological polar surface area (TPSA) is 32.3 Å². The number of likely N-dealkylation sites (tertiary alicyclic amines) is 1. The Labute approximate surface area is 106 Å². The van der Waals surface area contributed by atoms with Crippen LogP contribution in [0.25, 0.3) is 0 Å². The highest BCUT2D eigenvalue weighted by atomic mass is 16.2. The van der Waals surface area contributed by atoms with Gasteiger partial charge in [0.25, 0.3) is 0 Å². The molecule has 0 aromatic carbocycles. The maximum atomic E-state index is 12.6. The standard InChI is InChI=1S/C14H28N2O/c1-5-9-12-10-7-8-11-16(12)13(17)14(3,4)15-6-2/h12,15H,5-11H2,1-4H3. The van der Waals surface area contributed by atoms with Gasteiger partial charge in [-0.3, -0.25) is 4.79 Å². The lowest BCUT2D eigenvalue weighted by Crippen LogP contribution is -2.57. The van der Waals surface area contributed by atoms with Crippen LogP contribution in [-0.2, 0) is 4.79 Å². The molecule has 1 aliphatic heterocycles. The maximum absolute atomic E-state index is 12.6. The average molecular weight is 240 g/mol. The van der Waals surface area contributed by atoms with Crippen LogP contribution >= 0.6 is 0 Å². The summed E-state index contributed by atoms with van der Waals surface area (Å²) in [4.78, 5) is 14.7. The molecule has 0 aliphatic carbocycles. The van der Waals surface area contributed by atoms with Gasteiger partial charge < -0.3 is 10.2 Å². The summed E-state index contributed by atoms with van der Waals surface area (Å²) in [5.41, 5.74) is -0.419. The van der Waals surface area contributed by atoms with Crippen molar-refractivity contribution in [3.63, 3.8) is 0 Å². The van der Waals surface area contributed by atoms with Gasteiger partial charge in [0.1, 0.15) is 0 Å². The minimum Gasteiger partial charge on any atom is -0.338 e. The number of piperidine rings is 1. The molecule has 0 aromatic rings. The van der Waals surface area contributed by atoms with Gasteiger partial charge >= 0.3 is 0 Å². The zero-order chi connectivity index (χ0) is 12.9. The van der Waals surface area contributed by atoms with Gasteiger partial charge in [0.15, 0.2) is 0 Å². The number of carbonyl (C=O) groups excluding carboxylic acids is 1. The Morgan fingerprint density at radius 2 is 2.06 bits per heavy atom. The molecule has 1 N–H and O–H groups in total. The van der Waals surface area contributed by atoms with Gasteiger partial charge in [-0.15, -0.1) is 0 Å². The van der Waals surface area contributed by atoms with Gasteiger partial charge in [-0.25, -0.2) is 0 Å². The molecule has 1 rings (SSSR count). The van der Waals surface area contributed by atoms with Gasteiger partial charge in [-0.05, 0) is 46.1 Å². The highest BCUT2D eigenvalue weighted by Crippen LogP contribution is 2.23. The molecule has 1 aliphatic rings. The fourth-order valence-corrected chi connectivity index (χ4v) is 2.78. The number of likely N-dealkylation sites (N-methyl/N-ethyl adjacent to an activating group) is 1. The van der Waals surface area contributed by atoms with Crippen LogP contribution < -0.4 is 5.32 Å². The van der Waals surface area contributed by atoms with Crippen molar-refractivity contribution in [2.75, 3.05) is 13.1 Å². The van der Waals surface area contributed by atoms with E-state index in [0.29, 0.717) is 6.04 Å². The van der Waals surface area contributed by atoms with Crippen molar-refractivity contribution >= 4 is 5.91 Å². The number of carbonyl (C=O) groups is 1. The lowest BCUT2D eigenvalue weighted by molar-refractivity contribution is -0.141. The zero-order valence-corrected chi connectivity index (χ0v) is 11.9. The maximum Gasteiger partial charge on any atom is 0.242 e. The molecule has 1 heterocycles. The van der Waals surface area contributed by atoms with Crippen molar-refractivity contribution in [1.29, 1.82) is 0 Å². The molecule has 1 unspecified atom stereocenters. The molecule has 0 bridgehead atoms. The third-order valence-corrected chi connectivity index (χ3v) is 3.66. The molecule has 0 aromatic heterocycles. The Hall–Kier alpha value is -0.570. The van der Waals surface area contributed by atoms with Crippen LogP contribution in [0.5, 0.6) is 0 Å². The van der Waals surface area contributed by atoms with E-state index in [1.54, 1.807) is 0 Å². The van der Waals surface area contributed by atoms with Crippen molar-refractivity contribution in [1.82, 2.24) is 10.2 Å². The first kappa shape index (κ1) is 14.5. The lowest BCUT2D eigenvalue weighted by Gasteiger charge is -2.40. The van der Waals surface area contributed by atoms with E-state index in [-0.39, 0.29) is 5.91 Å². The fraction of sp³-hybridized carbons (Fsp3) is 0.929. The Morgan fingerprint density at radius 3 is 2.65 bits per heavy atom. The summed E-state index contributed by atoms with van der Waals surface area (Å²) in [6, 6.07) is 0.471. The molecule has 1 fully saturated rings. The Kier molecular flexibility index (Phi) is 5.44. The minimum absolute atomic E-state index is 0.275. The number of hydrogen-bond donors (Lipinski definition) is 1. The first-order valence-corrected chi connectivity index (χ1v) is 7.09. The quantitative estimate of drug-likeness (QED) is 0.801. The molecule has 1 amide bonds. The summed E-state index contributed by atoms with van der Waals surface area (Å²) in [6.07, 6.45) is 5.93. The molecule has 100 valence electrons. The normalized spacial score (nSPS) is 21.6. The predicted molar refractivity (Wildman–Crippen MR) is 72.0 cm³/mol. The summed E-state index contributed by atoms with van der Waals surface area (Å²) < 4.78 is 0. The molecular weight excluding hydrogens is 212 g/mol. The number of nitrogens with zero attached hydrogens (tertiary/aromatic N) is 1. The van der Waals surface area contributed by atoms with Crippen LogP contribution in [0.1, 0.15) is 59.8 Å². The van der Waals surface area contributed by atoms with Crippen molar-refractivity contribution in [3.8, 4) is 0 Å². The molecular formula is C14H28N2O. The Bertz CT molecular complexity index is 249. The van der Waals surface area contributed by atoms with E-state index in [0.717, 1.165) is 32.4 Å². The second-order valence-electron chi connectivity index (χ2n) is 5.59. The van der Waals surface area contributed by atoms with Crippen LogP contribution in [0.2, 0.25) is 0 Å². The van der Waals surface area contributed by atoms with Crippen LogP contribution in [-0.4, -0.2) is 35.5 Å². The summed E-state index contributed by atoms with van der Waals surface area (Å²) >= 11 is 0. The number of nitrogens with one attached hydrogen (secondary N) is 1. The molecule has 3 nitrogen and oxygen atoms in total. The van der Waals surface area contributed by atoms with E-state index < -0.39 is 5.54 Å². The zero-order valence-electron chi connectivity index (χ0n) is 11.9. The monoisotopic (exact) mass is 240 g/mol. The van der Waals surface area contributed by atoms with Gasteiger partial charge in [0.2, 0.25) is 5.91 Å². The molecule has 1 atom stereocenters. The van der Waals surface area contributed by atoms with E-state index in [4.69, 9.17) is 0 Å². The Morgan fingerprint density at radius 1 is 1.35 bits per heavy atom. The van der Waals surface area contributed by atoms with Crippen LogP contribution in [0, 0.1) is 0 Å². The smallest absolute Gasteiger partial charge is 0.242 e. The first-order chi connectivity index (χ1) is 8.03. The molecule has 3 heteroatoms. The van der Waals surface area contributed by atoms with E-state index in [9.17, 15) is 4.79 Å². The van der Waals surface area contributed by atoms with Gasteiger partial charge in [-0.1, -0.05) is 20.3 Å². The third-order valence-electron chi connectivity index (χ3n) is 3.66. The van der Waals surface area contributed by atoms with Crippen molar-refractivity contribution in [3.05, 3.63) is 0 Å². The van der Waals surface area contributed by atoms with Gasteiger partial charge in [0, 0.05) is 12.6 Å². The van der Waals surface area contributed by atoms with Crippen molar-refractivity contribution in [2.45, 2.75) is 71.4 Å². The second kappa shape index (κ2) is 6.39. The SMILES string of the molecule is CCCC1CCCCN1C(=O)C(C)(C)NCC. The molecule has 0 radical (unpaired) electrons. The third kappa shape index (κ3) is 3.70. The summed E-state index contributed by atoms with van der Waals surface area (Å²) in [5, 5.41) is 3.29. The predicted octanol–water partition coefficient (Wildman–Crippen LogP) is 2.56. The highest BCUT2D eigenvalue weighted by Gasteiger charge is 2.35. The number of rotatable bonds is 5. The van der Waals surface area contributed by atoms with E-state index in [1.807, 2.05) is 13.8 Å². The molecule has 1 saturated heterocycles. The summed E-state index contributed by atoms with van der Waals surface area (Å²) in [7, 11) is 0. The minimum atomic E-state index is -0.419. The van der Waals surface area contributed by atoms with Crippen molar-refractivity contribution < 1.29 is 4.79 Å². The van der Waals surface area contributed by atoms with Gasteiger partial charge in [0.05, 0.1) is 5.54 Å². The molecule has 0 saturated carbocycles. The summed E-state index contributed by atoms with van der Waals surface area (Å²) in [6.45, 7) is 10.0. The lowest BCUT2D eigenvalue weighted by atomic mass is 9.94. The van der Waals surface area contributed by atoms with Gasteiger partial charge in [-0.2, -0.15) is 0 Å². The molecule has 0 spiro atoms. The van der Waals surface area contributed by atoms with Crippen LogP contribution in [0.3, 0.4) is 0 Å². The first-order valence-electron chi connectivity index (χ1n) is 7.09. The fourth-order valence-electron chi connectivity index (χ4n) is 2.78. The number of hydrogen-bond acceptors (Lipinski definition) is 2. The molecule has 17 heavy (non-hydrogen) atoms. The van der Waals surface area contributed by atoms with E-state index in [1.165, 1.54) is 12.8 Å².